The minimum atomic E-state index is -0.115. The highest BCUT2D eigenvalue weighted by Crippen LogP contribution is 2.30. The highest BCUT2D eigenvalue weighted by atomic mass is 32.2. The summed E-state index contributed by atoms with van der Waals surface area (Å²) in [7, 11) is 3.17. The molecule has 0 unspecified atom stereocenters. The number of ether oxygens (including phenoxy) is 2. The molecule has 30 heavy (non-hydrogen) atoms. The number of hydrogen-bond acceptors (Lipinski definition) is 5. The Morgan fingerprint density at radius 3 is 2.70 bits per heavy atom. The van der Waals surface area contributed by atoms with Gasteiger partial charge in [0.05, 0.1) is 36.7 Å². The summed E-state index contributed by atoms with van der Waals surface area (Å²) in [4.78, 5) is 17.4. The number of anilines is 1. The molecule has 0 aliphatic rings. The zero-order chi connectivity index (χ0) is 21.3. The van der Waals surface area contributed by atoms with Gasteiger partial charge in [0.25, 0.3) is 0 Å². The molecule has 0 atom stereocenters. The Labute approximate surface area is 182 Å². The lowest BCUT2D eigenvalue weighted by atomic mass is 10.2. The van der Waals surface area contributed by atoms with E-state index in [2.05, 4.69) is 22.9 Å². The Morgan fingerprint density at radius 1 is 1.10 bits per heavy atom. The van der Waals surface area contributed by atoms with Gasteiger partial charge in [0, 0.05) is 12.6 Å². The highest BCUT2D eigenvalue weighted by molar-refractivity contribution is 7.99. The van der Waals surface area contributed by atoms with E-state index < -0.39 is 0 Å². The lowest BCUT2D eigenvalue weighted by molar-refractivity contribution is -0.113. The maximum absolute atomic E-state index is 12.6. The number of rotatable bonds is 11. The van der Waals surface area contributed by atoms with Crippen LogP contribution in [0.25, 0.3) is 11.0 Å². The summed E-state index contributed by atoms with van der Waals surface area (Å²) in [5.41, 5.74) is 2.67. The standard InChI is InChI=1S/C23H29N3O3S/c1-4-5-6-9-14-26-20-11-8-7-10-18(20)25-23(26)30-16-22(27)24-19-15-17(28-2)12-13-21(19)29-3/h7-8,10-13,15H,4-6,9,14,16H2,1-3H3,(H,24,27). The van der Waals surface area contributed by atoms with Crippen LogP contribution in [0.4, 0.5) is 5.69 Å². The third kappa shape index (κ3) is 5.48. The van der Waals surface area contributed by atoms with Crippen molar-refractivity contribution >= 4 is 34.4 Å². The number of imidazole rings is 1. The largest absolute Gasteiger partial charge is 0.497 e. The molecule has 7 heteroatoms. The van der Waals surface area contributed by atoms with Crippen molar-refractivity contribution in [3.05, 3.63) is 42.5 Å². The first-order valence-electron chi connectivity index (χ1n) is 10.3. The number of unbranched alkanes of at least 4 members (excludes halogenated alkanes) is 3. The van der Waals surface area contributed by atoms with Crippen LogP contribution in [0.2, 0.25) is 0 Å². The minimum absolute atomic E-state index is 0.115. The van der Waals surface area contributed by atoms with E-state index in [0.29, 0.717) is 17.2 Å². The van der Waals surface area contributed by atoms with Crippen molar-refractivity contribution in [2.45, 2.75) is 44.3 Å². The molecule has 6 nitrogen and oxygen atoms in total. The van der Waals surface area contributed by atoms with Gasteiger partial charge in [-0.05, 0) is 30.7 Å². The van der Waals surface area contributed by atoms with E-state index in [1.807, 2.05) is 18.2 Å². The Bertz CT molecular complexity index is 987. The Morgan fingerprint density at radius 2 is 1.93 bits per heavy atom. The lowest BCUT2D eigenvalue weighted by Gasteiger charge is -2.12. The monoisotopic (exact) mass is 427 g/mol. The molecule has 0 aliphatic carbocycles. The normalized spacial score (nSPS) is 10.9. The summed E-state index contributed by atoms with van der Waals surface area (Å²) in [5.74, 6) is 1.40. The first kappa shape index (κ1) is 22.0. The van der Waals surface area contributed by atoms with Gasteiger partial charge in [0.15, 0.2) is 5.16 Å². The van der Waals surface area contributed by atoms with Gasteiger partial charge >= 0.3 is 0 Å². The van der Waals surface area contributed by atoms with Crippen molar-refractivity contribution in [2.24, 2.45) is 0 Å². The fourth-order valence-electron chi connectivity index (χ4n) is 3.30. The number of para-hydroxylation sites is 2. The van der Waals surface area contributed by atoms with Crippen LogP contribution in [0.15, 0.2) is 47.6 Å². The van der Waals surface area contributed by atoms with Crippen molar-refractivity contribution in [2.75, 3.05) is 25.3 Å². The predicted octanol–water partition coefficient (Wildman–Crippen LogP) is 5.36. The molecule has 0 spiro atoms. The van der Waals surface area contributed by atoms with Crippen molar-refractivity contribution < 1.29 is 14.3 Å². The number of nitrogens with one attached hydrogen (secondary N) is 1. The number of fused-ring (bicyclic) bond motifs is 1. The van der Waals surface area contributed by atoms with Gasteiger partial charge in [0.1, 0.15) is 11.5 Å². The zero-order valence-corrected chi connectivity index (χ0v) is 18.6. The van der Waals surface area contributed by atoms with Crippen LogP contribution < -0.4 is 14.8 Å². The second-order valence-electron chi connectivity index (χ2n) is 7.00. The fourth-order valence-corrected chi connectivity index (χ4v) is 4.15. The third-order valence-electron chi connectivity index (χ3n) is 4.87. The van der Waals surface area contributed by atoms with Gasteiger partial charge in [-0.2, -0.15) is 0 Å². The Balaban J connectivity index is 1.70. The number of thioether (sulfide) groups is 1. The molecule has 0 radical (unpaired) electrons. The molecule has 2 aromatic carbocycles. The van der Waals surface area contributed by atoms with Gasteiger partial charge < -0.3 is 19.4 Å². The minimum Gasteiger partial charge on any atom is -0.497 e. The summed E-state index contributed by atoms with van der Waals surface area (Å²) in [6.45, 7) is 3.12. The molecule has 160 valence electrons. The van der Waals surface area contributed by atoms with E-state index >= 15 is 0 Å². The number of aryl methyl sites for hydroxylation is 1. The fraction of sp³-hybridized carbons (Fsp3) is 0.391. The molecule has 1 heterocycles. The number of benzene rings is 2. The Kier molecular flexibility index (Phi) is 8.02. The van der Waals surface area contributed by atoms with E-state index in [0.717, 1.165) is 29.2 Å². The topological polar surface area (TPSA) is 65.4 Å². The van der Waals surface area contributed by atoms with Crippen LogP contribution in [0.1, 0.15) is 32.6 Å². The molecule has 0 saturated carbocycles. The van der Waals surface area contributed by atoms with Crippen molar-refractivity contribution in [3.63, 3.8) is 0 Å². The summed E-state index contributed by atoms with van der Waals surface area (Å²) < 4.78 is 12.8. The van der Waals surface area contributed by atoms with E-state index in [1.54, 1.807) is 32.4 Å². The molecule has 3 rings (SSSR count). The number of hydrogen-bond donors (Lipinski definition) is 1. The molecule has 0 aliphatic heterocycles. The molecule has 1 amide bonds. The van der Waals surface area contributed by atoms with Gasteiger partial charge in [0.2, 0.25) is 5.91 Å². The van der Waals surface area contributed by atoms with Crippen LogP contribution in [-0.4, -0.2) is 35.4 Å². The summed E-state index contributed by atoms with van der Waals surface area (Å²) >= 11 is 1.46. The van der Waals surface area contributed by atoms with E-state index in [1.165, 1.54) is 31.0 Å². The number of carbonyl (C=O) groups excluding carboxylic acids is 1. The van der Waals surface area contributed by atoms with Gasteiger partial charge in [-0.3, -0.25) is 4.79 Å². The smallest absolute Gasteiger partial charge is 0.234 e. The van der Waals surface area contributed by atoms with E-state index in [9.17, 15) is 4.79 Å². The average molecular weight is 428 g/mol. The summed E-state index contributed by atoms with van der Waals surface area (Å²) in [5, 5.41) is 3.79. The maximum Gasteiger partial charge on any atom is 0.234 e. The third-order valence-corrected chi connectivity index (χ3v) is 5.84. The van der Waals surface area contributed by atoms with Crippen LogP contribution in [0, 0.1) is 0 Å². The SMILES string of the molecule is CCCCCCn1c(SCC(=O)Nc2cc(OC)ccc2OC)nc2ccccc21. The van der Waals surface area contributed by atoms with Gasteiger partial charge in [-0.15, -0.1) is 0 Å². The molecule has 1 N–H and O–H groups in total. The lowest BCUT2D eigenvalue weighted by Crippen LogP contribution is -2.15. The van der Waals surface area contributed by atoms with Crippen molar-refractivity contribution in [1.29, 1.82) is 0 Å². The van der Waals surface area contributed by atoms with E-state index in [4.69, 9.17) is 14.5 Å². The van der Waals surface area contributed by atoms with Crippen LogP contribution in [0.3, 0.4) is 0 Å². The molecule has 0 bridgehead atoms. The molecule has 3 aromatic rings. The first-order valence-corrected chi connectivity index (χ1v) is 11.2. The zero-order valence-electron chi connectivity index (χ0n) is 17.8. The molecule has 0 saturated heterocycles. The molecular formula is C23H29N3O3S. The van der Waals surface area contributed by atoms with Gasteiger partial charge in [-0.1, -0.05) is 50.1 Å². The van der Waals surface area contributed by atoms with Gasteiger partial charge in [-0.25, -0.2) is 4.98 Å². The van der Waals surface area contributed by atoms with Crippen LogP contribution in [0.5, 0.6) is 11.5 Å². The summed E-state index contributed by atoms with van der Waals surface area (Å²) in [6, 6.07) is 13.5. The quantitative estimate of drug-likeness (QED) is 0.329. The molecule has 1 aromatic heterocycles. The van der Waals surface area contributed by atoms with Crippen LogP contribution in [-0.2, 0) is 11.3 Å². The number of carbonyl (C=O) groups is 1. The van der Waals surface area contributed by atoms with Crippen molar-refractivity contribution in [1.82, 2.24) is 9.55 Å². The number of amides is 1. The Hall–Kier alpha value is -2.67. The number of aromatic nitrogens is 2. The maximum atomic E-state index is 12.6. The molecule has 0 fully saturated rings. The summed E-state index contributed by atoms with van der Waals surface area (Å²) in [6.07, 6.45) is 4.75. The highest BCUT2D eigenvalue weighted by Gasteiger charge is 2.14. The van der Waals surface area contributed by atoms with Crippen molar-refractivity contribution in [3.8, 4) is 11.5 Å². The second-order valence-corrected chi connectivity index (χ2v) is 7.94. The predicted molar refractivity (Wildman–Crippen MR) is 123 cm³/mol. The van der Waals surface area contributed by atoms with Crippen LogP contribution >= 0.6 is 11.8 Å². The number of nitrogens with zero attached hydrogens (tertiary/aromatic N) is 2. The first-order chi connectivity index (χ1) is 14.7. The molecular weight excluding hydrogens is 398 g/mol. The number of methoxy groups -OCH3 is 2. The second kappa shape index (κ2) is 10.9. The average Bonchev–Trinajstić information content (AvgIpc) is 3.12. The van der Waals surface area contributed by atoms with E-state index in [-0.39, 0.29) is 11.7 Å².